The Kier molecular flexibility index (Phi) is 2.86. The van der Waals surface area contributed by atoms with E-state index in [9.17, 15) is 5.11 Å². The van der Waals surface area contributed by atoms with Gasteiger partial charge in [-0.1, -0.05) is 6.92 Å². The summed E-state index contributed by atoms with van der Waals surface area (Å²) in [5, 5.41) is 9.51. The van der Waals surface area contributed by atoms with Gasteiger partial charge in [-0.3, -0.25) is 0 Å². The lowest BCUT2D eigenvalue weighted by Gasteiger charge is -2.06. The first-order chi connectivity index (χ1) is 6.81. The largest absolute Gasteiger partial charge is 0.458 e. The highest BCUT2D eigenvalue weighted by Crippen LogP contribution is 2.27. The van der Waals surface area contributed by atoms with Gasteiger partial charge in [0.25, 0.3) is 0 Å². The van der Waals surface area contributed by atoms with Crippen LogP contribution in [-0.2, 0) is 9.47 Å². The van der Waals surface area contributed by atoms with E-state index in [1.807, 2.05) is 6.92 Å². The molecule has 1 aromatic rings. The summed E-state index contributed by atoms with van der Waals surface area (Å²) >= 11 is 0. The van der Waals surface area contributed by atoms with Crippen LogP contribution >= 0.6 is 0 Å². The molecule has 1 aliphatic rings. The maximum Gasteiger partial charge on any atom is 0.217 e. The molecule has 1 saturated heterocycles. The second kappa shape index (κ2) is 4.13. The van der Waals surface area contributed by atoms with Crippen LogP contribution in [0.15, 0.2) is 16.5 Å². The Hall–Kier alpha value is -0.840. The Morgan fingerprint density at radius 1 is 1.43 bits per heavy atom. The monoisotopic (exact) mass is 198 g/mol. The molecular weight excluding hydrogens is 184 g/mol. The Morgan fingerprint density at radius 2 is 2.14 bits per heavy atom. The van der Waals surface area contributed by atoms with Gasteiger partial charge in [-0.25, -0.2) is 0 Å². The molecule has 1 aromatic heterocycles. The molecule has 1 atom stereocenters. The molecule has 4 heteroatoms. The van der Waals surface area contributed by atoms with Crippen molar-refractivity contribution in [1.29, 1.82) is 0 Å². The Labute approximate surface area is 82.4 Å². The lowest BCUT2D eigenvalue weighted by atomic mass is 10.2. The topological polar surface area (TPSA) is 51.8 Å². The molecule has 1 aliphatic heterocycles. The lowest BCUT2D eigenvalue weighted by Crippen LogP contribution is -1.96. The summed E-state index contributed by atoms with van der Waals surface area (Å²) in [5.74, 6) is 1.20. The minimum Gasteiger partial charge on any atom is -0.458 e. The number of rotatable bonds is 3. The van der Waals surface area contributed by atoms with Gasteiger partial charge in [0, 0.05) is 0 Å². The van der Waals surface area contributed by atoms with E-state index in [1.165, 1.54) is 0 Å². The third-order valence-corrected chi connectivity index (χ3v) is 2.22. The van der Waals surface area contributed by atoms with Crippen molar-refractivity contribution >= 4 is 0 Å². The molecule has 0 radical (unpaired) electrons. The number of hydrogen-bond acceptors (Lipinski definition) is 4. The van der Waals surface area contributed by atoms with E-state index in [0.29, 0.717) is 31.2 Å². The molecule has 78 valence electrons. The normalized spacial score (nSPS) is 20.1. The highest BCUT2D eigenvalue weighted by molar-refractivity contribution is 5.10. The van der Waals surface area contributed by atoms with Crippen LogP contribution in [0.2, 0.25) is 0 Å². The number of ether oxygens (including phenoxy) is 2. The predicted octanol–water partition coefficient (Wildman–Crippen LogP) is 1.77. The summed E-state index contributed by atoms with van der Waals surface area (Å²) in [6, 6.07) is 3.54. The van der Waals surface area contributed by atoms with Crippen LogP contribution in [-0.4, -0.2) is 18.3 Å². The van der Waals surface area contributed by atoms with E-state index >= 15 is 0 Å². The van der Waals surface area contributed by atoms with E-state index in [2.05, 4.69) is 0 Å². The molecule has 2 rings (SSSR count). The molecule has 2 heterocycles. The minimum absolute atomic E-state index is 0.396. The molecule has 14 heavy (non-hydrogen) atoms. The van der Waals surface area contributed by atoms with E-state index in [0.717, 1.165) is 0 Å². The Bertz CT molecular complexity index is 288. The minimum atomic E-state index is -0.537. The van der Waals surface area contributed by atoms with E-state index in [1.54, 1.807) is 12.1 Å². The first-order valence-electron chi connectivity index (χ1n) is 4.82. The first-order valence-corrected chi connectivity index (χ1v) is 4.82. The smallest absolute Gasteiger partial charge is 0.217 e. The number of aliphatic hydroxyl groups is 1. The van der Waals surface area contributed by atoms with Crippen molar-refractivity contribution in [2.75, 3.05) is 13.2 Å². The summed E-state index contributed by atoms with van der Waals surface area (Å²) in [4.78, 5) is 0. The van der Waals surface area contributed by atoms with E-state index in [4.69, 9.17) is 13.9 Å². The number of furan rings is 1. The van der Waals surface area contributed by atoms with Gasteiger partial charge in [-0.2, -0.15) is 0 Å². The van der Waals surface area contributed by atoms with Crippen LogP contribution in [0.3, 0.4) is 0 Å². The molecule has 0 aromatic carbocycles. The van der Waals surface area contributed by atoms with Crippen LogP contribution < -0.4 is 0 Å². The fourth-order valence-corrected chi connectivity index (χ4v) is 1.40. The second-order valence-corrected chi connectivity index (χ2v) is 3.24. The third-order valence-electron chi connectivity index (χ3n) is 2.22. The van der Waals surface area contributed by atoms with Crippen molar-refractivity contribution in [3.05, 3.63) is 23.7 Å². The quantitative estimate of drug-likeness (QED) is 0.804. The van der Waals surface area contributed by atoms with Gasteiger partial charge in [0.2, 0.25) is 6.29 Å². The van der Waals surface area contributed by atoms with E-state index in [-0.39, 0.29) is 0 Å². The van der Waals surface area contributed by atoms with Crippen LogP contribution in [0.5, 0.6) is 0 Å². The number of hydrogen-bond donors (Lipinski definition) is 1. The summed E-state index contributed by atoms with van der Waals surface area (Å²) in [6.07, 6.45) is -0.294. The Balaban J connectivity index is 2.08. The Morgan fingerprint density at radius 3 is 2.79 bits per heavy atom. The maximum atomic E-state index is 9.51. The lowest BCUT2D eigenvalue weighted by molar-refractivity contribution is -0.0605. The summed E-state index contributed by atoms with van der Waals surface area (Å²) in [7, 11) is 0. The van der Waals surface area contributed by atoms with Gasteiger partial charge in [-0.05, 0) is 18.6 Å². The van der Waals surface area contributed by atoms with Crippen LogP contribution in [0.25, 0.3) is 0 Å². The summed E-state index contributed by atoms with van der Waals surface area (Å²) in [6.45, 7) is 3.09. The zero-order chi connectivity index (χ0) is 9.97. The highest BCUT2D eigenvalue weighted by atomic mass is 16.7. The molecule has 4 nitrogen and oxygen atoms in total. The zero-order valence-electron chi connectivity index (χ0n) is 8.10. The van der Waals surface area contributed by atoms with Gasteiger partial charge < -0.3 is 19.0 Å². The van der Waals surface area contributed by atoms with Gasteiger partial charge in [0.1, 0.15) is 11.9 Å². The molecule has 1 N–H and O–H groups in total. The van der Waals surface area contributed by atoms with Crippen molar-refractivity contribution < 1.29 is 19.0 Å². The molecule has 0 saturated carbocycles. The molecule has 1 fully saturated rings. The SMILES string of the molecule is CC[C@H](O)c1ccc(C2OCCO2)o1. The van der Waals surface area contributed by atoms with Gasteiger partial charge in [0.05, 0.1) is 13.2 Å². The van der Waals surface area contributed by atoms with Crippen molar-refractivity contribution in [2.24, 2.45) is 0 Å². The zero-order valence-corrected chi connectivity index (χ0v) is 8.10. The van der Waals surface area contributed by atoms with Crippen LogP contribution in [0.1, 0.15) is 37.3 Å². The molecule has 0 unspecified atom stereocenters. The highest BCUT2D eigenvalue weighted by Gasteiger charge is 2.22. The third kappa shape index (κ3) is 1.82. The van der Waals surface area contributed by atoms with Crippen LogP contribution in [0, 0.1) is 0 Å². The standard InChI is InChI=1S/C10H14O4/c1-2-7(11)8-3-4-9(14-8)10-12-5-6-13-10/h3-4,7,10-11H,2,5-6H2,1H3/t7-/m0/s1. The number of aliphatic hydroxyl groups excluding tert-OH is 1. The van der Waals surface area contributed by atoms with Crippen LogP contribution in [0.4, 0.5) is 0 Å². The fraction of sp³-hybridized carbons (Fsp3) is 0.600. The van der Waals surface area contributed by atoms with Crippen molar-refractivity contribution in [3.8, 4) is 0 Å². The molecule has 0 aliphatic carbocycles. The first kappa shape index (κ1) is 9.71. The fourth-order valence-electron chi connectivity index (χ4n) is 1.40. The van der Waals surface area contributed by atoms with E-state index < -0.39 is 12.4 Å². The van der Waals surface area contributed by atoms with Crippen molar-refractivity contribution in [3.63, 3.8) is 0 Å². The second-order valence-electron chi connectivity index (χ2n) is 3.24. The summed E-state index contributed by atoms with van der Waals surface area (Å²) < 4.78 is 16.0. The average Bonchev–Trinajstić information content (AvgIpc) is 2.86. The molecular formula is C10H14O4. The van der Waals surface area contributed by atoms with Crippen molar-refractivity contribution in [1.82, 2.24) is 0 Å². The molecule has 0 amide bonds. The van der Waals surface area contributed by atoms with Gasteiger partial charge >= 0.3 is 0 Å². The predicted molar refractivity (Wildman–Crippen MR) is 48.6 cm³/mol. The van der Waals surface area contributed by atoms with Gasteiger partial charge in [0.15, 0.2) is 5.76 Å². The summed E-state index contributed by atoms with van der Waals surface area (Å²) in [5.41, 5.74) is 0. The van der Waals surface area contributed by atoms with Crippen molar-refractivity contribution in [2.45, 2.75) is 25.7 Å². The molecule has 0 spiro atoms. The molecule has 0 bridgehead atoms. The van der Waals surface area contributed by atoms with Gasteiger partial charge in [-0.15, -0.1) is 0 Å². The average molecular weight is 198 g/mol. The maximum absolute atomic E-state index is 9.51.